The van der Waals surface area contributed by atoms with E-state index in [1.807, 2.05) is 54.1 Å². The molecule has 2 saturated heterocycles. The summed E-state index contributed by atoms with van der Waals surface area (Å²) in [5.74, 6) is 0.285. The Morgan fingerprint density at radius 2 is 1.69 bits per heavy atom. The van der Waals surface area contributed by atoms with Crippen molar-refractivity contribution in [2.24, 2.45) is 0 Å². The van der Waals surface area contributed by atoms with Gasteiger partial charge in [0.1, 0.15) is 11.5 Å². The molecule has 2 aliphatic rings. The highest BCUT2D eigenvalue weighted by molar-refractivity contribution is 7.92. The normalized spacial score (nSPS) is 18.0. The van der Waals surface area contributed by atoms with E-state index < -0.39 is 10.0 Å². The lowest BCUT2D eigenvalue weighted by atomic mass is 10.1. The second kappa shape index (κ2) is 10.1. The smallest absolute Gasteiger partial charge is 0.235 e. The third-order valence-corrected chi connectivity index (χ3v) is 9.45. The van der Waals surface area contributed by atoms with Crippen molar-refractivity contribution in [3.8, 4) is 5.69 Å². The third-order valence-electron chi connectivity index (χ3n) is 7.58. The van der Waals surface area contributed by atoms with Crippen molar-refractivity contribution >= 4 is 44.1 Å². The number of fused-ring (bicyclic) bond motifs is 1. The van der Waals surface area contributed by atoms with Gasteiger partial charge in [-0.1, -0.05) is 0 Å². The Kier molecular flexibility index (Phi) is 6.64. The number of sulfonamides is 1. The van der Waals surface area contributed by atoms with Crippen LogP contribution in [-0.4, -0.2) is 73.4 Å². The van der Waals surface area contributed by atoms with E-state index in [4.69, 9.17) is 4.98 Å². The summed E-state index contributed by atoms with van der Waals surface area (Å²) in [6.07, 6.45) is 5.21. The van der Waals surface area contributed by atoms with Gasteiger partial charge in [0.2, 0.25) is 16.0 Å². The van der Waals surface area contributed by atoms with E-state index >= 15 is 4.39 Å². The van der Waals surface area contributed by atoms with Gasteiger partial charge < -0.3 is 19.7 Å². The zero-order valence-electron chi connectivity index (χ0n) is 22.1. The molecule has 0 aliphatic carbocycles. The fourth-order valence-electron chi connectivity index (χ4n) is 5.26. The monoisotopic (exact) mass is 549 g/mol. The van der Waals surface area contributed by atoms with Crippen LogP contribution < -0.4 is 14.5 Å². The molecule has 1 N–H and O–H groups in total. The van der Waals surface area contributed by atoms with E-state index in [1.165, 1.54) is 10.4 Å². The van der Waals surface area contributed by atoms with Crippen LogP contribution in [0.2, 0.25) is 0 Å². The van der Waals surface area contributed by atoms with Crippen LogP contribution in [0.4, 0.5) is 27.4 Å². The van der Waals surface area contributed by atoms with E-state index in [2.05, 4.69) is 27.1 Å². The van der Waals surface area contributed by atoms with Crippen LogP contribution in [-0.2, 0) is 10.0 Å². The molecule has 4 aromatic rings. The van der Waals surface area contributed by atoms with Gasteiger partial charge in [0.15, 0.2) is 0 Å². The van der Waals surface area contributed by atoms with E-state index in [0.717, 1.165) is 49.2 Å². The highest BCUT2D eigenvalue weighted by atomic mass is 32.2. The summed E-state index contributed by atoms with van der Waals surface area (Å²) in [7, 11) is -1.19. The number of halogens is 1. The van der Waals surface area contributed by atoms with Crippen molar-refractivity contribution in [1.82, 2.24) is 19.4 Å². The Morgan fingerprint density at radius 3 is 2.44 bits per heavy atom. The van der Waals surface area contributed by atoms with Gasteiger partial charge in [-0.3, -0.25) is 4.31 Å². The maximum Gasteiger partial charge on any atom is 0.235 e. The van der Waals surface area contributed by atoms with Crippen LogP contribution in [0.5, 0.6) is 0 Å². The molecule has 0 atom stereocenters. The molecular weight excluding hydrogens is 517 g/mol. The first-order chi connectivity index (χ1) is 18.8. The zero-order valence-corrected chi connectivity index (χ0v) is 23.0. The maximum absolute atomic E-state index is 15.1. The molecule has 0 saturated carbocycles. The molecule has 2 fully saturated rings. The van der Waals surface area contributed by atoms with E-state index in [1.54, 1.807) is 6.20 Å². The Morgan fingerprint density at radius 1 is 0.949 bits per heavy atom. The van der Waals surface area contributed by atoms with Crippen LogP contribution in [0, 0.1) is 12.7 Å². The van der Waals surface area contributed by atoms with Crippen LogP contribution in [0.1, 0.15) is 18.4 Å². The van der Waals surface area contributed by atoms with Gasteiger partial charge in [0, 0.05) is 61.9 Å². The van der Waals surface area contributed by atoms with Crippen LogP contribution in [0.15, 0.2) is 54.9 Å². The predicted molar refractivity (Wildman–Crippen MR) is 153 cm³/mol. The Balaban J connectivity index is 1.25. The van der Waals surface area contributed by atoms with Gasteiger partial charge in [0.05, 0.1) is 17.1 Å². The third kappa shape index (κ3) is 5.04. The lowest BCUT2D eigenvalue weighted by molar-refractivity contribution is 0.311. The molecule has 9 nitrogen and oxygen atoms in total. The molecule has 0 spiro atoms. The number of benzene rings is 2. The molecule has 204 valence electrons. The number of piperazine rings is 1. The summed E-state index contributed by atoms with van der Waals surface area (Å²) in [5, 5.41) is 4.05. The lowest BCUT2D eigenvalue weighted by Gasteiger charge is -2.34. The molecule has 2 aromatic carbocycles. The number of hydrogen-bond donors (Lipinski definition) is 1. The molecule has 0 radical (unpaired) electrons. The zero-order chi connectivity index (χ0) is 27.1. The molecule has 2 aromatic heterocycles. The minimum atomic E-state index is -3.27. The average molecular weight is 550 g/mol. The van der Waals surface area contributed by atoms with Crippen molar-refractivity contribution in [3.63, 3.8) is 0 Å². The molecule has 6 rings (SSSR count). The number of nitrogens with zero attached hydrogens (tertiary/aromatic N) is 6. The largest absolute Gasteiger partial charge is 0.367 e. The van der Waals surface area contributed by atoms with Crippen molar-refractivity contribution in [2.45, 2.75) is 19.8 Å². The first-order valence-corrected chi connectivity index (χ1v) is 14.8. The van der Waals surface area contributed by atoms with Crippen LogP contribution in [0.3, 0.4) is 0 Å². The van der Waals surface area contributed by atoms with Gasteiger partial charge in [-0.2, -0.15) is 4.98 Å². The number of nitrogens with one attached hydrogen (secondary N) is 1. The average Bonchev–Trinajstić information content (AvgIpc) is 3.34. The van der Waals surface area contributed by atoms with Gasteiger partial charge in [-0.05, 0) is 74.8 Å². The first kappa shape index (κ1) is 25.6. The first-order valence-electron chi connectivity index (χ1n) is 13.2. The summed E-state index contributed by atoms with van der Waals surface area (Å²) in [6, 6.07) is 12.8. The maximum atomic E-state index is 15.1. The van der Waals surface area contributed by atoms with Crippen molar-refractivity contribution < 1.29 is 12.8 Å². The number of anilines is 4. The number of aryl methyl sites for hydroxylation is 1. The van der Waals surface area contributed by atoms with Crippen molar-refractivity contribution in [1.29, 1.82) is 0 Å². The second-order valence-corrected chi connectivity index (χ2v) is 12.3. The number of rotatable bonds is 5. The summed E-state index contributed by atoms with van der Waals surface area (Å²) in [5.41, 5.74) is 4.37. The SMILES string of the molecule is Cc1cc(N2CCN(C)CC2)c(F)cc1Nc1ncc2ccn(-c3ccc(N4CCCCS4(=O)=O)cc3)c2n1. The van der Waals surface area contributed by atoms with E-state index in [9.17, 15) is 8.42 Å². The Hall–Kier alpha value is -3.70. The van der Waals surface area contributed by atoms with Crippen molar-refractivity contribution in [2.75, 3.05) is 60.0 Å². The number of likely N-dealkylation sites (N-methyl/N-ethyl adjacent to an activating group) is 1. The molecule has 4 heterocycles. The van der Waals surface area contributed by atoms with Gasteiger partial charge in [-0.25, -0.2) is 17.8 Å². The Labute approximate surface area is 227 Å². The van der Waals surface area contributed by atoms with Crippen LogP contribution in [0.25, 0.3) is 16.7 Å². The molecule has 0 amide bonds. The van der Waals surface area contributed by atoms with E-state index in [-0.39, 0.29) is 11.6 Å². The standard InChI is InChI=1S/C28H32FN7O2S/c1-20-17-26(34-14-12-33(2)13-15-34)24(29)18-25(20)31-28-30-19-21-9-11-35(27(21)32-28)22-5-7-23(8-6-22)36-10-3-4-16-39(36,37)38/h5-9,11,17-19H,3-4,10,12-16H2,1-2H3,(H,30,31,32). The number of aromatic nitrogens is 3. The summed E-state index contributed by atoms with van der Waals surface area (Å²) < 4.78 is 43.5. The lowest BCUT2D eigenvalue weighted by Crippen LogP contribution is -2.44. The fraction of sp³-hybridized carbons (Fsp3) is 0.357. The second-order valence-electron chi connectivity index (χ2n) is 10.3. The molecule has 0 bridgehead atoms. The van der Waals surface area contributed by atoms with Gasteiger partial charge in [-0.15, -0.1) is 0 Å². The van der Waals surface area contributed by atoms with Crippen LogP contribution >= 0.6 is 0 Å². The summed E-state index contributed by atoms with van der Waals surface area (Å²) in [6.45, 7) is 5.87. The summed E-state index contributed by atoms with van der Waals surface area (Å²) >= 11 is 0. The number of hydrogen-bond acceptors (Lipinski definition) is 7. The molecule has 2 aliphatic heterocycles. The molecule has 11 heteroatoms. The fourth-order valence-corrected chi connectivity index (χ4v) is 6.90. The van der Waals surface area contributed by atoms with Gasteiger partial charge in [0.25, 0.3) is 0 Å². The Bertz CT molecular complexity index is 1610. The highest BCUT2D eigenvalue weighted by Crippen LogP contribution is 2.30. The molecule has 0 unspecified atom stereocenters. The summed E-state index contributed by atoms with van der Waals surface area (Å²) in [4.78, 5) is 13.5. The minimum Gasteiger partial charge on any atom is -0.367 e. The molecule has 39 heavy (non-hydrogen) atoms. The van der Waals surface area contributed by atoms with Crippen molar-refractivity contribution in [3.05, 3.63) is 66.2 Å². The van der Waals surface area contributed by atoms with Gasteiger partial charge >= 0.3 is 0 Å². The highest BCUT2D eigenvalue weighted by Gasteiger charge is 2.26. The molecular formula is C28H32FN7O2S. The predicted octanol–water partition coefficient (Wildman–Crippen LogP) is 4.29. The quantitative estimate of drug-likeness (QED) is 0.397. The topological polar surface area (TPSA) is 86.6 Å². The minimum absolute atomic E-state index is 0.186. The van der Waals surface area contributed by atoms with E-state index in [0.29, 0.717) is 41.6 Å².